The number of nitrogens with zero attached hydrogens (tertiary/aromatic N) is 6. The molecule has 0 saturated carbocycles. The lowest BCUT2D eigenvalue weighted by atomic mass is 10.1. The van der Waals surface area contributed by atoms with Gasteiger partial charge in [-0.25, -0.2) is 0 Å². The van der Waals surface area contributed by atoms with E-state index in [0.717, 1.165) is 42.8 Å². The van der Waals surface area contributed by atoms with E-state index in [9.17, 15) is 0 Å². The summed E-state index contributed by atoms with van der Waals surface area (Å²) in [5, 5.41) is 14.3. The number of halogens is 1. The molecule has 0 amide bonds. The van der Waals surface area contributed by atoms with Gasteiger partial charge in [0, 0.05) is 32.7 Å². The number of pyridine rings is 1. The molecule has 0 aliphatic carbocycles. The Morgan fingerprint density at radius 3 is 2.79 bits per heavy atom. The highest BCUT2D eigenvalue weighted by molar-refractivity contribution is 6.29. The van der Waals surface area contributed by atoms with Crippen molar-refractivity contribution < 1.29 is 4.74 Å². The van der Waals surface area contributed by atoms with Crippen LogP contribution in [0.1, 0.15) is 18.9 Å². The molecule has 3 aromatic heterocycles. The number of rotatable bonds is 3. The van der Waals surface area contributed by atoms with Crippen LogP contribution in [0.5, 0.6) is 0 Å². The van der Waals surface area contributed by atoms with Gasteiger partial charge in [0.25, 0.3) is 0 Å². The lowest BCUT2D eigenvalue weighted by molar-refractivity contribution is 0.0675. The number of anilines is 2. The number of fused-ring (bicyclic) bond motifs is 1. The summed E-state index contributed by atoms with van der Waals surface area (Å²) in [6.07, 6.45) is 5.56. The minimum atomic E-state index is 0.335. The normalized spacial score (nSPS) is 15.8. The molecule has 0 bridgehead atoms. The SMILES string of the molecule is CN(c1ccc(Cl)nn1)c1nn(C2CCOCC2)c2ccncc12. The Morgan fingerprint density at radius 2 is 2.04 bits per heavy atom. The van der Waals surface area contributed by atoms with Crippen molar-refractivity contribution in [2.45, 2.75) is 18.9 Å². The highest BCUT2D eigenvalue weighted by Gasteiger charge is 2.23. The summed E-state index contributed by atoms with van der Waals surface area (Å²) in [5.41, 5.74) is 1.07. The summed E-state index contributed by atoms with van der Waals surface area (Å²) in [7, 11) is 1.92. The van der Waals surface area contributed by atoms with Crippen molar-refractivity contribution in [3.8, 4) is 0 Å². The molecular weight excluding hydrogens is 328 g/mol. The fraction of sp³-hybridized carbons (Fsp3) is 0.375. The molecule has 3 aromatic rings. The summed E-state index contributed by atoms with van der Waals surface area (Å²) >= 11 is 5.83. The standard InChI is InChI=1S/C16H17ClN6O/c1-22(15-3-2-14(17)19-20-15)16-12-10-18-7-4-13(12)23(21-16)11-5-8-24-9-6-11/h2-4,7,10-11H,5-6,8-9H2,1H3. The Labute approximate surface area is 144 Å². The summed E-state index contributed by atoms with van der Waals surface area (Å²) in [6.45, 7) is 1.54. The van der Waals surface area contributed by atoms with Gasteiger partial charge < -0.3 is 9.64 Å². The first-order valence-corrected chi connectivity index (χ1v) is 8.25. The lowest BCUT2D eigenvalue weighted by Crippen LogP contribution is -2.21. The molecular formula is C16H17ClN6O. The maximum atomic E-state index is 5.83. The molecule has 4 heterocycles. The molecule has 0 unspecified atom stereocenters. The first-order valence-electron chi connectivity index (χ1n) is 7.87. The maximum Gasteiger partial charge on any atom is 0.165 e. The van der Waals surface area contributed by atoms with Crippen molar-refractivity contribution in [1.82, 2.24) is 25.0 Å². The third kappa shape index (κ3) is 2.70. The van der Waals surface area contributed by atoms with E-state index in [-0.39, 0.29) is 0 Å². The van der Waals surface area contributed by atoms with Gasteiger partial charge in [0.15, 0.2) is 16.8 Å². The molecule has 1 saturated heterocycles. The molecule has 1 fully saturated rings. The van der Waals surface area contributed by atoms with Crippen molar-refractivity contribution in [2.24, 2.45) is 0 Å². The number of ether oxygens (including phenoxy) is 1. The zero-order valence-corrected chi connectivity index (χ0v) is 14.0. The van der Waals surface area contributed by atoms with E-state index >= 15 is 0 Å². The third-order valence-corrected chi connectivity index (χ3v) is 4.51. The van der Waals surface area contributed by atoms with Crippen LogP contribution < -0.4 is 4.90 Å². The zero-order chi connectivity index (χ0) is 16.5. The molecule has 1 aliphatic rings. The second kappa shape index (κ2) is 6.33. The largest absolute Gasteiger partial charge is 0.381 e. The number of hydrogen-bond donors (Lipinski definition) is 0. The highest BCUT2D eigenvalue weighted by atomic mass is 35.5. The Kier molecular flexibility index (Phi) is 4.03. The average Bonchev–Trinajstić information content (AvgIpc) is 3.02. The molecule has 0 radical (unpaired) electrons. The van der Waals surface area contributed by atoms with Crippen molar-refractivity contribution in [1.29, 1.82) is 0 Å². The third-order valence-electron chi connectivity index (χ3n) is 4.30. The fourth-order valence-corrected chi connectivity index (χ4v) is 3.12. The Hall–Kier alpha value is -2.25. The van der Waals surface area contributed by atoms with E-state index in [0.29, 0.717) is 17.0 Å². The minimum absolute atomic E-state index is 0.335. The predicted octanol–water partition coefficient (Wildman–Crippen LogP) is 2.99. The van der Waals surface area contributed by atoms with E-state index in [1.807, 2.05) is 30.3 Å². The molecule has 7 nitrogen and oxygen atoms in total. The van der Waals surface area contributed by atoms with Gasteiger partial charge in [-0.3, -0.25) is 9.67 Å². The van der Waals surface area contributed by atoms with Crippen LogP contribution in [0.4, 0.5) is 11.6 Å². The van der Waals surface area contributed by atoms with Gasteiger partial charge in [-0.1, -0.05) is 11.6 Å². The first kappa shape index (κ1) is 15.3. The van der Waals surface area contributed by atoms with Crippen molar-refractivity contribution in [3.63, 3.8) is 0 Å². The van der Waals surface area contributed by atoms with E-state index in [1.54, 1.807) is 12.3 Å². The molecule has 4 rings (SSSR count). The topological polar surface area (TPSA) is 69.0 Å². The van der Waals surface area contributed by atoms with Crippen LogP contribution in [0.25, 0.3) is 10.9 Å². The summed E-state index contributed by atoms with van der Waals surface area (Å²) in [6, 6.07) is 5.88. The van der Waals surface area contributed by atoms with Crippen LogP contribution in [-0.2, 0) is 4.74 Å². The second-order valence-electron chi connectivity index (χ2n) is 5.78. The van der Waals surface area contributed by atoms with Crippen LogP contribution in [0.2, 0.25) is 5.15 Å². The van der Waals surface area contributed by atoms with Gasteiger partial charge >= 0.3 is 0 Å². The molecule has 8 heteroatoms. The molecule has 24 heavy (non-hydrogen) atoms. The van der Waals surface area contributed by atoms with Gasteiger partial charge in [-0.2, -0.15) is 5.10 Å². The van der Waals surface area contributed by atoms with Crippen molar-refractivity contribution >= 4 is 34.1 Å². The molecule has 124 valence electrons. The molecule has 1 aliphatic heterocycles. The zero-order valence-electron chi connectivity index (χ0n) is 13.3. The van der Waals surface area contributed by atoms with Gasteiger partial charge in [-0.05, 0) is 31.0 Å². The van der Waals surface area contributed by atoms with Gasteiger partial charge in [0.05, 0.1) is 16.9 Å². The number of aromatic nitrogens is 5. The summed E-state index contributed by atoms with van der Waals surface area (Å²) in [5.74, 6) is 1.49. The molecule has 0 aromatic carbocycles. The van der Waals surface area contributed by atoms with Crippen LogP contribution >= 0.6 is 11.6 Å². The first-order chi connectivity index (χ1) is 11.7. The minimum Gasteiger partial charge on any atom is -0.381 e. The van der Waals surface area contributed by atoms with E-state index in [1.165, 1.54) is 0 Å². The van der Waals surface area contributed by atoms with Crippen LogP contribution in [0.3, 0.4) is 0 Å². The highest BCUT2D eigenvalue weighted by Crippen LogP contribution is 2.32. The van der Waals surface area contributed by atoms with Crippen LogP contribution in [0.15, 0.2) is 30.6 Å². The van der Waals surface area contributed by atoms with Gasteiger partial charge in [-0.15, -0.1) is 10.2 Å². The van der Waals surface area contributed by atoms with Crippen LogP contribution in [-0.4, -0.2) is 45.2 Å². The summed E-state index contributed by atoms with van der Waals surface area (Å²) < 4.78 is 7.57. The molecule has 0 atom stereocenters. The predicted molar refractivity (Wildman–Crippen MR) is 91.7 cm³/mol. The van der Waals surface area contributed by atoms with Gasteiger partial charge in [0.2, 0.25) is 0 Å². The Balaban J connectivity index is 1.79. The van der Waals surface area contributed by atoms with Crippen molar-refractivity contribution in [3.05, 3.63) is 35.7 Å². The Morgan fingerprint density at radius 1 is 1.21 bits per heavy atom. The van der Waals surface area contributed by atoms with Gasteiger partial charge in [0.1, 0.15) is 0 Å². The fourth-order valence-electron chi connectivity index (χ4n) is 3.02. The van der Waals surface area contributed by atoms with E-state index in [2.05, 4.69) is 19.9 Å². The van der Waals surface area contributed by atoms with E-state index < -0.39 is 0 Å². The second-order valence-corrected chi connectivity index (χ2v) is 6.17. The maximum absolute atomic E-state index is 5.83. The Bertz CT molecular complexity index is 843. The van der Waals surface area contributed by atoms with Crippen LogP contribution in [0, 0.1) is 0 Å². The monoisotopic (exact) mass is 344 g/mol. The van der Waals surface area contributed by atoms with E-state index in [4.69, 9.17) is 21.4 Å². The molecule has 0 N–H and O–H groups in total. The smallest absolute Gasteiger partial charge is 0.165 e. The average molecular weight is 345 g/mol. The summed E-state index contributed by atoms with van der Waals surface area (Å²) in [4.78, 5) is 6.17. The molecule has 0 spiro atoms. The lowest BCUT2D eigenvalue weighted by Gasteiger charge is -2.23. The number of hydrogen-bond acceptors (Lipinski definition) is 6. The van der Waals surface area contributed by atoms with Crippen molar-refractivity contribution in [2.75, 3.05) is 25.2 Å². The quantitative estimate of drug-likeness (QED) is 0.727.